The third-order valence-corrected chi connectivity index (χ3v) is 3.99. The average molecular weight is 258 g/mol. The van der Waals surface area contributed by atoms with E-state index in [0.29, 0.717) is 11.3 Å². The van der Waals surface area contributed by atoms with Crippen molar-refractivity contribution in [1.29, 1.82) is 0 Å². The Balaban J connectivity index is 2.18. The summed E-state index contributed by atoms with van der Waals surface area (Å²) in [5, 5.41) is 10.3. The van der Waals surface area contributed by atoms with Crippen molar-refractivity contribution in [3.05, 3.63) is 52.9 Å². The van der Waals surface area contributed by atoms with E-state index in [4.69, 9.17) is 0 Å². The molecule has 0 aliphatic heterocycles. The number of carbonyl (C=O) groups is 1. The molecular formula is C13H10N2O2S. The normalized spacial score (nSPS) is 10.9. The first kappa shape index (κ1) is 11.0. The van der Waals surface area contributed by atoms with Crippen LogP contribution in [0.4, 0.5) is 0 Å². The molecule has 18 heavy (non-hydrogen) atoms. The summed E-state index contributed by atoms with van der Waals surface area (Å²) in [5.74, 6) is -0.0983. The Morgan fingerprint density at radius 1 is 1.39 bits per heavy atom. The van der Waals surface area contributed by atoms with Crippen LogP contribution < -0.4 is 0 Å². The van der Waals surface area contributed by atoms with E-state index >= 15 is 0 Å². The Morgan fingerprint density at radius 2 is 2.22 bits per heavy atom. The molecule has 2 N–H and O–H groups in total. The zero-order valence-corrected chi connectivity index (χ0v) is 10.2. The highest BCUT2D eigenvalue weighted by molar-refractivity contribution is 7.21. The van der Waals surface area contributed by atoms with Gasteiger partial charge < -0.3 is 10.1 Å². The fourth-order valence-electron chi connectivity index (χ4n) is 2.01. The lowest BCUT2D eigenvalue weighted by atomic mass is 10.1. The lowest BCUT2D eigenvalue weighted by molar-refractivity contribution is 0.0701. The van der Waals surface area contributed by atoms with Gasteiger partial charge in [-0.05, 0) is 17.0 Å². The minimum atomic E-state index is -0.877. The number of rotatable bonds is 3. The van der Waals surface area contributed by atoms with Gasteiger partial charge in [-0.3, -0.25) is 0 Å². The number of aromatic nitrogens is 2. The second kappa shape index (κ2) is 4.27. The first-order valence-corrected chi connectivity index (χ1v) is 6.29. The van der Waals surface area contributed by atoms with Crippen molar-refractivity contribution in [2.45, 2.75) is 6.42 Å². The minimum absolute atomic E-state index is 0.396. The minimum Gasteiger partial charge on any atom is -0.477 e. The van der Waals surface area contributed by atoms with Gasteiger partial charge >= 0.3 is 5.97 Å². The molecule has 90 valence electrons. The molecule has 3 aromatic rings. The van der Waals surface area contributed by atoms with Gasteiger partial charge in [0.2, 0.25) is 0 Å². The number of carboxylic acid groups (broad SMARTS) is 1. The third-order valence-electron chi connectivity index (χ3n) is 2.79. The molecule has 0 amide bonds. The van der Waals surface area contributed by atoms with E-state index in [0.717, 1.165) is 21.5 Å². The number of carboxylic acids is 1. The Bertz CT molecular complexity index is 701. The van der Waals surface area contributed by atoms with Crippen LogP contribution in [-0.2, 0) is 6.42 Å². The van der Waals surface area contributed by atoms with Gasteiger partial charge in [0, 0.05) is 23.5 Å². The number of thiophene rings is 1. The first-order valence-electron chi connectivity index (χ1n) is 5.47. The molecule has 0 fully saturated rings. The molecule has 1 aromatic carbocycles. The molecule has 2 aromatic heterocycles. The smallest absolute Gasteiger partial charge is 0.346 e. The second-order valence-corrected chi connectivity index (χ2v) is 4.98. The van der Waals surface area contributed by atoms with Crippen molar-refractivity contribution in [2.75, 3.05) is 0 Å². The molecule has 4 nitrogen and oxygen atoms in total. The Labute approximate surface area is 107 Å². The number of aromatic amines is 1. The van der Waals surface area contributed by atoms with Gasteiger partial charge in [0.1, 0.15) is 10.7 Å². The number of fused-ring (bicyclic) bond motifs is 1. The number of H-pyrrole nitrogens is 1. The van der Waals surface area contributed by atoms with Crippen LogP contribution in [0.5, 0.6) is 0 Å². The van der Waals surface area contributed by atoms with Gasteiger partial charge in [0.25, 0.3) is 0 Å². The van der Waals surface area contributed by atoms with E-state index < -0.39 is 5.97 Å². The number of imidazole rings is 1. The topological polar surface area (TPSA) is 66.0 Å². The van der Waals surface area contributed by atoms with Gasteiger partial charge in [-0.1, -0.05) is 18.2 Å². The average Bonchev–Trinajstić information content (AvgIpc) is 2.98. The van der Waals surface area contributed by atoms with Crippen LogP contribution >= 0.6 is 11.3 Å². The van der Waals surface area contributed by atoms with Crippen molar-refractivity contribution >= 4 is 27.4 Å². The van der Waals surface area contributed by atoms with Crippen LogP contribution in [0.15, 0.2) is 36.7 Å². The Hall–Kier alpha value is -2.14. The lowest BCUT2D eigenvalue weighted by Gasteiger charge is -1.99. The molecule has 0 bridgehead atoms. The van der Waals surface area contributed by atoms with Crippen molar-refractivity contribution < 1.29 is 9.90 Å². The maximum Gasteiger partial charge on any atom is 0.346 e. The van der Waals surface area contributed by atoms with Gasteiger partial charge in [-0.25, -0.2) is 9.78 Å². The molecule has 0 aliphatic rings. The highest BCUT2D eigenvalue weighted by atomic mass is 32.1. The summed E-state index contributed by atoms with van der Waals surface area (Å²) in [6, 6.07) is 7.74. The predicted octanol–water partition coefficient (Wildman–Crippen LogP) is 2.91. The van der Waals surface area contributed by atoms with Crippen LogP contribution in [0.2, 0.25) is 0 Å². The zero-order chi connectivity index (χ0) is 12.5. The molecule has 3 rings (SSSR count). The second-order valence-electron chi connectivity index (χ2n) is 3.92. The first-order chi connectivity index (χ1) is 8.75. The van der Waals surface area contributed by atoms with E-state index in [1.165, 1.54) is 11.3 Å². The zero-order valence-electron chi connectivity index (χ0n) is 9.38. The number of hydrogen-bond donors (Lipinski definition) is 2. The van der Waals surface area contributed by atoms with Crippen LogP contribution in [0.3, 0.4) is 0 Å². The number of benzene rings is 1. The molecule has 0 aliphatic carbocycles. The molecule has 0 spiro atoms. The molecule has 5 heteroatoms. The van der Waals surface area contributed by atoms with Crippen molar-refractivity contribution in [3.63, 3.8) is 0 Å². The quantitative estimate of drug-likeness (QED) is 0.759. The van der Waals surface area contributed by atoms with Gasteiger partial charge in [-0.15, -0.1) is 11.3 Å². The van der Waals surface area contributed by atoms with Crippen LogP contribution in [0.1, 0.15) is 21.1 Å². The van der Waals surface area contributed by atoms with E-state index in [2.05, 4.69) is 9.97 Å². The van der Waals surface area contributed by atoms with Crippen molar-refractivity contribution in [1.82, 2.24) is 9.97 Å². The maximum absolute atomic E-state index is 11.3. The Morgan fingerprint density at radius 3 is 2.94 bits per heavy atom. The third kappa shape index (κ3) is 1.78. The number of aromatic carboxylic acids is 1. The summed E-state index contributed by atoms with van der Waals surface area (Å²) < 4.78 is 0.997. The van der Waals surface area contributed by atoms with E-state index in [9.17, 15) is 9.90 Å². The van der Waals surface area contributed by atoms with Crippen LogP contribution in [0.25, 0.3) is 10.1 Å². The van der Waals surface area contributed by atoms with Gasteiger partial charge in [0.15, 0.2) is 0 Å². The summed E-state index contributed by atoms with van der Waals surface area (Å²) in [6.45, 7) is 0. The highest BCUT2D eigenvalue weighted by Crippen LogP contribution is 2.32. The molecule has 0 unspecified atom stereocenters. The molecule has 0 radical (unpaired) electrons. The highest BCUT2D eigenvalue weighted by Gasteiger charge is 2.18. The largest absolute Gasteiger partial charge is 0.477 e. The van der Waals surface area contributed by atoms with Crippen LogP contribution in [0, 0.1) is 0 Å². The number of nitrogens with zero attached hydrogens (tertiary/aromatic N) is 1. The van der Waals surface area contributed by atoms with E-state index in [1.807, 2.05) is 24.3 Å². The molecule has 0 saturated carbocycles. The number of hydrogen-bond acceptors (Lipinski definition) is 3. The van der Waals surface area contributed by atoms with E-state index in [-0.39, 0.29) is 0 Å². The summed E-state index contributed by atoms with van der Waals surface area (Å²) in [7, 11) is 0. The maximum atomic E-state index is 11.3. The SMILES string of the molecule is O=C(O)c1sc2ccccc2c1Cc1ncc[nH]1. The predicted molar refractivity (Wildman–Crippen MR) is 70.2 cm³/mol. The van der Waals surface area contributed by atoms with Crippen molar-refractivity contribution in [3.8, 4) is 0 Å². The molecule has 2 heterocycles. The fourth-order valence-corrected chi connectivity index (χ4v) is 3.07. The fraction of sp³-hybridized carbons (Fsp3) is 0.0769. The lowest BCUT2D eigenvalue weighted by Crippen LogP contribution is -1.99. The number of nitrogens with one attached hydrogen (secondary N) is 1. The van der Waals surface area contributed by atoms with Gasteiger partial charge in [0.05, 0.1) is 0 Å². The molecule has 0 saturated heterocycles. The van der Waals surface area contributed by atoms with Crippen LogP contribution in [-0.4, -0.2) is 21.0 Å². The summed E-state index contributed by atoms with van der Waals surface area (Å²) in [4.78, 5) is 18.9. The Kier molecular flexibility index (Phi) is 2.60. The summed E-state index contributed by atoms with van der Waals surface area (Å²) >= 11 is 1.31. The van der Waals surface area contributed by atoms with Crippen molar-refractivity contribution in [2.24, 2.45) is 0 Å². The standard InChI is InChI=1S/C13H10N2O2S/c16-13(17)12-9(7-11-14-5-6-15-11)8-3-1-2-4-10(8)18-12/h1-6H,7H2,(H,14,15)(H,16,17). The van der Waals surface area contributed by atoms with E-state index in [1.54, 1.807) is 12.4 Å². The summed E-state index contributed by atoms with van der Waals surface area (Å²) in [6.07, 6.45) is 3.92. The summed E-state index contributed by atoms with van der Waals surface area (Å²) in [5.41, 5.74) is 0.832. The molecule has 0 atom stereocenters. The monoisotopic (exact) mass is 258 g/mol. The molecular weight excluding hydrogens is 248 g/mol. The van der Waals surface area contributed by atoms with Gasteiger partial charge in [-0.2, -0.15) is 0 Å².